The van der Waals surface area contributed by atoms with E-state index < -0.39 is 11.8 Å². The molecule has 208 valence electrons. The van der Waals surface area contributed by atoms with Crippen LogP contribution in [0.3, 0.4) is 0 Å². The highest BCUT2D eigenvalue weighted by molar-refractivity contribution is 6.30. The minimum Gasteiger partial charge on any atom is -0.486 e. The predicted molar refractivity (Wildman–Crippen MR) is 150 cm³/mol. The number of rotatable bonds is 9. The molecule has 1 unspecified atom stereocenters. The SMILES string of the molecule is CC1(Cn2c(CN3CC[C@@H](c4cccc(COc5ccc(Cl)cc5F)c4)C3)nc3ccc(C(=O)O)cc32)CCO1. The summed E-state index contributed by atoms with van der Waals surface area (Å²) in [6.07, 6.45) is 1.97. The molecule has 1 aromatic heterocycles. The molecule has 0 spiro atoms. The van der Waals surface area contributed by atoms with Gasteiger partial charge in [-0.1, -0.05) is 35.9 Å². The van der Waals surface area contributed by atoms with Crippen LogP contribution in [0, 0.1) is 5.82 Å². The zero-order valence-corrected chi connectivity index (χ0v) is 23.0. The molecule has 0 aliphatic carbocycles. The number of carbonyl (C=O) groups is 1. The van der Waals surface area contributed by atoms with Crippen molar-refractivity contribution in [2.75, 3.05) is 19.7 Å². The van der Waals surface area contributed by atoms with E-state index in [0.717, 1.165) is 55.0 Å². The summed E-state index contributed by atoms with van der Waals surface area (Å²) in [5.41, 5.74) is 3.82. The van der Waals surface area contributed by atoms with Crippen LogP contribution in [0.25, 0.3) is 11.0 Å². The molecule has 2 fully saturated rings. The second-order valence-corrected chi connectivity index (χ2v) is 11.4. The third kappa shape index (κ3) is 5.57. The molecule has 2 aliphatic rings. The van der Waals surface area contributed by atoms with Gasteiger partial charge in [0.05, 0.1) is 41.9 Å². The standard InChI is InChI=1S/C31H31ClFN3O4/c1-31(10-12-40-31)19-36-27-14-22(30(37)38)5-7-26(27)34-29(36)17-35-11-9-23(16-35)21-4-2-3-20(13-21)18-39-28-8-6-24(32)15-25(28)33/h2-8,13-15,23H,9-12,16-19H2,1H3,(H,37,38)/t23-,31?/m1/s1. The number of hydrogen-bond donors (Lipinski definition) is 1. The topological polar surface area (TPSA) is 76.8 Å². The summed E-state index contributed by atoms with van der Waals surface area (Å²) in [6, 6.07) is 17.8. The number of benzene rings is 3. The number of likely N-dealkylation sites (tertiary alicyclic amines) is 1. The van der Waals surface area contributed by atoms with Crippen LogP contribution in [-0.4, -0.2) is 50.8 Å². The number of nitrogens with zero attached hydrogens (tertiary/aromatic N) is 3. The summed E-state index contributed by atoms with van der Waals surface area (Å²) in [7, 11) is 0. The lowest BCUT2D eigenvalue weighted by Gasteiger charge is -2.39. The maximum absolute atomic E-state index is 14.1. The lowest BCUT2D eigenvalue weighted by Crippen LogP contribution is -2.44. The first-order valence-corrected chi connectivity index (χ1v) is 13.9. The number of halogens is 2. The van der Waals surface area contributed by atoms with Gasteiger partial charge in [0, 0.05) is 18.0 Å². The van der Waals surface area contributed by atoms with Crippen LogP contribution in [0.5, 0.6) is 5.75 Å². The van der Waals surface area contributed by atoms with Crippen molar-refractivity contribution < 1.29 is 23.8 Å². The average molecular weight is 564 g/mol. The third-order valence-corrected chi connectivity index (χ3v) is 8.23. The van der Waals surface area contributed by atoms with Crippen LogP contribution in [0.2, 0.25) is 5.02 Å². The minimum atomic E-state index is -0.948. The fraction of sp³-hybridized carbons (Fsp3) is 0.355. The van der Waals surface area contributed by atoms with Crippen LogP contribution in [0.1, 0.15) is 53.0 Å². The normalized spacial score (nSPS) is 21.0. The van der Waals surface area contributed by atoms with Gasteiger partial charge >= 0.3 is 5.97 Å². The number of imidazole rings is 1. The van der Waals surface area contributed by atoms with E-state index >= 15 is 0 Å². The smallest absolute Gasteiger partial charge is 0.335 e. The van der Waals surface area contributed by atoms with E-state index in [0.29, 0.717) is 24.0 Å². The second kappa shape index (κ2) is 10.8. The molecule has 2 atom stereocenters. The van der Waals surface area contributed by atoms with Gasteiger partial charge in [0.15, 0.2) is 11.6 Å². The second-order valence-electron chi connectivity index (χ2n) is 11.0. The zero-order chi connectivity index (χ0) is 27.9. The van der Waals surface area contributed by atoms with Crippen LogP contribution in [0.15, 0.2) is 60.7 Å². The van der Waals surface area contributed by atoms with Crippen LogP contribution < -0.4 is 4.74 Å². The Labute approximate surface area is 237 Å². The van der Waals surface area contributed by atoms with E-state index in [9.17, 15) is 14.3 Å². The molecule has 9 heteroatoms. The Bertz CT molecular complexity index is 1570. The monoisotopic (exact) mass is 563 g/mol. The van der Waals surface area contributed by atoms with Gasteiger partial charge in [0.1, 0.15) is 12.4 Å². The Balaban J connectivity index is 1.17. The lowest BCUT2D eigenvalue weighted by atomic mass is 9.97. The van der Waals surface area contributed by atoms with Crippen molar-refractivity contribution >= 4 is 28.6 Å². The van der Waals surface area contributed by atoms with Crippen molar-refractivity contribution in [2.45, 2.75) is 51.0 Å². The van der Waals surface area contributed by atoms with Gasteiger partial charge in [-0.15, -0.1) is 0 Å². The summed E-state index contributed by atoms with van der Waals surface area (Å²) >= 11 is 5.84. The summed E-state index contributed by atoms with van der Waals surface area (Å²) < 4.78 is 27.8. The summed E-state index contributed by atoms with van der Waals surface area (Å²) in [5, 5.41) is 9.88. The average Bonchev–Trinajstić information content (AvgIpc) is 3.52. The van der Waals surface area contributed by atoms with Crippen molar-refractivity contribution in [3.63, 3.8) is 0 Å². The molecule has 0 radical (unpaired) electrons. The summed E-state index contributed by atoms with van der Waals surface area (Å²) in [5.74, 6) is 0.0355. The fourth-order valence-electron chi connectivity index (χ4n) is 5.65. The Kier molecular flexibility index (Phi) is 7.25. The molecule has 7 nitrogen and oxygen atoms in total. The van der Waals surface area contributed by atoms with Crippen molar-refractivity contribution in [1.82, 2.24) is 14.5 Å². The Morgan fingerprint density at radius 1 is 1.23 bits per heavy atom. The zero-order valence-electron chi connectivity index (χ0n) is 22.3. The fourth-order valence-corrected chi connectivity index (χ4v) is 5.81. The molecular formula is C31H31ClFN3O4. The molecule has 2 aliphatic heterocycles. The molecular weight excluding hydrogens is 533 g/mol. The van der Waals surface area contributed by atoms with E-state index in [2.05, 4.69) is 28.5 Å². The molecule has 2 saturated heterocycles. The van der Waals surface area contributed by atoms with Crippen molar-refractivity contribution in [2.24, 2.45) is 0 Å². The number of ether oxygens (including phenoxy) is 2. The maximum Gasteiger partial charge on any atom is 0.335 e. The van der Waals surface area contributed by atoms with E-state index in [-0.39, 0.29) is 23.5 Å². The molecule has 6 rings (SSSR count). The number of carboxylic acids is 1. The Hall–Kier alpha value is -3.46. The first kappa shape index (κ1) is 26.7. The molecule has 40 heavy (non-hydrogen) atoms. The van der Waals surface area contributed by atoms with E-state index in [1.807, 2.05) is 12.1 Å². The van der Waals surface area contributed by atoms with Gasteiger partial charge < -0.3 is 19.1 Å². The molecule has 4 aromatic rings. The molecule has 3 heterocycles. The number of fused-ring (bicyclic) bond motifs is 1. The van der Waals surface area contributed by atoms with Gasteiger partial charge in [-0.2, -0.15) is 0 Å². The molecule has 0 saturated carbocycles. The number of hydrogen-bond acceptors (Lipinski definition) is 5. The van der Waals surface area contributed by atoms with Gasteiger partial charge in [-0.25, -0.2) is 14.2 Å². The molecule has 0 amide bonds. The van der Waals surface area contributed by atoms with Crippen molar-refractivity contribution in [3.05, 3.63) is 94.0 Å². The van der Waals surface area contributed by atoms with E-state index in [1.54, 1.807) is 30.3 Å². The first-order valence-electron chi connectivity index (χ1n) is 13.5. The molecule has 3 aromatic carbocycles. The number of carboxylic acid groups (broad SMARTS) is 1. The molecule has 0 bridgehead atoms. The maximum atomic E-state index is 14.1. The van der Waals surface area contributed by atoms with Crippen molar-refractivity contribution in [1.29, 1.82) is 0 Å². The highest BCUT2D eigenvalue weighted by Crippen LogP contribution is 2.33. The Morgan fingerprint density at radius 3 is 2.83 bits per heavy atom. The van der Waals surface area contributed by atoms with Gasteiger partial charge in [-0.05, 0) is 73.3 Å². The largest absolute Gasteiger partial charge is 0.486 e. The van der Waals surface area contributed by atoms with Crippen LogP contribution >= 0.6 is 11.6 Å². The van der Waals surface area contributed by atoms with Crippen LogP contribution in [-0.2, 0) is 24.4 Å². The Morgan fingerprint density at radius 2 is 2.08 bits per heavy atom. The highest BCUT2D eigenvalue weighted by Gasteiger charge is 2.35. The van der Waals surface area contributed by atoms with Crippen LogP contribution in [0.4, 0.5) is 4.39 Å². The van der Waals surface area contributed by atoms with Crippen molar-refractivity contribution in [3.8, 4) is 5.75 Å². The van der Waals surface area contributed by atoms with Gasteiger partial charge in [0.2, 0.25) is 0 Å². The minimum absolute atomic E-state index is 0.182. The van der Waals surface area contributed by atoms with E-state index in [4.69, 9.17) is 26.1 Å². The quantitative estimate of drug-likeness (QED) is 0.258. The number of aromatic carboxylic acids is 1. The first-order chi connectivity index (χ1) is 19.3. The highest BCUT2D eigenvalue weighted by atomic mass is 35.5. The lowest BCUT2D eigenvalue weighted by molar-refractivity contribution is -0.142. The predicted octanol–water partition coefficient (Wildman–Crippen LogP) is 6.27. The third-order valence-electron chi connectivity index (χ3n) is 8.00. The summed E-state index contributed by atoms with van der Waals surface area (Å²) in [6.45, 7) is 6.22. The van der Waals surface area contributed by atoms with E-state index in [1.165, 1.54) is 11.6 Å². The summed E-state index contributed by atoms with van der Waals surface area (Å²) in [4.78, 5) is 19.0. The van der Waals surface area contributed by atoms with Gasteiger partial charge in [0.25, 0.3) is 0 Å². The number of aromatic nitrogens is 2. The van der Waals surface area contributed by atoms with Gasteiger partial charge in [-0.3, -0.25) is 4.90 Å². The molecule has 1 N–H and O–H groups in total.